The Hall–Kier alpha value is -1.75. The van der Waals surface area contributed by atoms with Gasteiger partial charge in [-0.2, -0.15) is 0 Å². The fourth-order valence-electron chi connectivity index (χ4n) is 2.16. The smallest absolute Gasteiger partial charge is 0.239 e. The molecular formula is C16H26N2O3. The molecule has 1 amide bonds. The normalized spacial score (nSPS) is 11.9. The third kappa shape index (κ3) is 4.93. The summed E-state index contributed by atoms with van der Waals surface area (Å²) in [7, 11) is 4.96. The monoisotopic (exact) mass is 294 g/mol. The van der Waals surface area contributed by atoms with Gasteiger partial charge in [0, 0.05) is 13.6 Å². The van der Waals surface area contributed by atoms with E-state index in [1.807, 2.05) is 18.2 Å². The van der Waals surface area contributed by atoms with Crippen molar-refractivity contribution in [3.8, 4) is 11.5 Å². The molecule has 0 aliphatic carbocycles. The maximum atomic E-state index is 12.2. The molecule has 0 aliphatic rings. The van der Waals surface area contributed by atoms with Crippen LogP contribution in [0.1, 0.15) is 31.7 Å². The van der Waals surface area contributed by atoms with Gasteiger partial charge in [0.1, 0.15) is 0 Å². The van der Waals surface area contributed by atoms with Crippen molar-refractivity contribution in [2.45, 2.75) is 38.8 Å². The highest BCUT2D eigenvalue weighted by molar-refractivity contribution is 5.81. The molecule has 1 atom stereocenters. The number of carbonyl (C=O) groups is 1. The molecule has 5 heteroatoms. The number of nitrogens with zero attached hydrogens (tertiary/aromatic N) is 1. The van der Waals surface area contributed by atoms with E-state index in [0.29, 0.717) is 18.0 Å². The molecule has 0 aromatic heterocycles. The van der Waals surface area contributed by atoms with Crippen molar-refractivity contribution in [3.63, 3.8) is 0 Å². The van der Waals surface area contributed by atoms with E-state index in [1.54, 1.807) is 26.2 Å². The highest BCUT2D eigenvalue weighted by atomic mass is 16.5. The molecule has 0 bridgehead atoms. The van der Waals surface area contributed by atoms with E-state index in [2.05, 4.69) is 6.92 Å². The van der Waals surface area contributed by atoms with E-state index in [-0.39, 0.29) is 5.91 Å². The maximum absolute atomic E-state index is 12.2. The Morgan fingerprint density at radius 3 is 2.52 bits per heavy atom. The third-order valence-corrected chi connectivity index (χ3v) is 3.43. The number of hydrogen-bond donors (Lipinski definition) is 1. The van der Waals surface area contributed by atoms with E-state index in [0.717, 1.165) is 24.8 Å². The number of amides is 1. The van der Waals surface area contributed by atoms with Crippen LogP contribution >= 0.6 is 0 Å². The first kappa shape index (κ1) is 17.3. The summed E-state index contributed by atoms with van der Waals surface area (Å²) < 4.78 is 10.5. The minimum absolute atomic E-state index is 0.0294. The van der Waals surface area contributed by atoms with Gasteiger partial charge in [-0.25, -0.2) is 0 Å². The van der Waals surface area contributed by atoms with Crippen LogP contribution in [0, 0.1) is 0 Å². The van der Waals surface area contributed by atoms with Gasteiger partial charge in [-0.15, -0.1) is 0 Å². The van der Waals surface area contributed by atoms with Crippen molar-refractivity contribution in [2.75, 3.05) is 21.3 Å². The molecule has 0 radical (unpaired) electrons. The maximum Gasteiger partial charge on any atom is 0.239 e. The van der Waals surface area contributed by atoms with Crippen LogP contribution < -0.4 is 15.2 Å². The quantitative estimate of drug-likeness (QED) is 0.798. The van der Waals surface area contributed by atoms with E-state index in [4.69, 9.17) is 15.2 Å². The fourth-order valence-corrected chi connectivity index (χ4v) is 2.16. The van der Waals surface area contributed by atoms with Crippen molar-refractivity contribution < 1.29 is 14.3 Å². The molecule has 118 valence electrons. The molecule has 0 aliphatic heterocycles. The van der Waals surface area contributed by atoms with Gasteiger partial charge < -0.3 is 20.1 Å². The summed E-state index contributed by atoms with van der Waals surface area (Å²) in [6, 6.07) is 5.21. The predicted molar refractivity (Wildman–Crippen MR) is 83.5 cm³/mol. The van der Waals surface area contributed by atoms with E-state index in [9.17, 15) is 4.79 Å². The highest BCUT2D eigenvalue weighted by Gasteiger charge is 2.18. The number of hydrogen-bond acceptors (Lipinski definition) is 4. The number of carbonyl (C=O) groups excluding carboxylic acids is 1. The van der Waals surface area contributed by atoms with Gasteiger partial charge in [0.2, 0.25) is 5.91 Å². The van der Waals surface area contributed by atoms with Gasteiger partial charge in [0.15, 0.2) is 11.5 Å². The summed E-state index contributed by atoms with van der Waals surface area (Å²) in [4.78, 5) is 13.8. The summed E-state index contributed by atoms with van der Waals surface area (Å²) in [6.45, 7) is 2.59. The zero-order chi connectivity index (χ0) is 15.8. The van der Waals surface area contributed by atoms with Crippen LogP contribution in [-0.2, 0) is 11.3 Å². The topological polar surface area (TPSA) is 64.8 Å². The van der Waals surface area contributed by atoms with Crippen LogP contribution in [0.2, 0.25) is 0 Å². The van der Waals surface area contributed by atoms with Crippen molar-refractivity contribution in [2.24, 2.45) is 5.73 Å². The summed E-state index contributed by atoms with van der Waals surface area (Å²) in [6.07, 6.45) is 2.74. The second kappa shape index (κ2) is 8.52. The van der Waals surface area contributed by atoms with Crippen LogP contribution in [0.5, 0.6) is 11.5 Å². The molecule has 1 aromatic rings. The summed E-state index contributed by atoms with van der Waals surface area (Å²) >= 11 is 0. The van der Waals surface area contributed by atoms with Crippen molar-refractivity contribution in [3.05, 3.63) is 23.8 Å². The zero-order valence-electron chi connectivity index (χ0n) is 13.4. The van der Waals surface area contributed by atoms with Crippen LogP contribution in [0.4, 0.5) is 0 Å². The molecule has 0 fully saturated rings. The van der Waals surface area contributed by atoms with Crippen molar-refractivity contribution >= 4 is 5.91 Å². The number of unbranched alkanes of at least 4 members (excludes halogenated alkanes) is 1. The van der Waals surface area contributed by atoms with E-state index < -0.39 is 6.04 Å². The van der Waals surface area contributed by atoms with Gasteiger partial charge in [-0.1, -0.05) is 25.8 Å². The average Bonchev–Trinajstić information content (AvgIpc) is 2.51. The van der Waals surface area contributed by atoms with Crippen molar-refractivity contribution in [1.82, 2.24) is 4.90 Å². The van der Waals surface area contributed by atoms with Crippen LogP contribution in [0.3, 0.4) is 0 Å². The Balaban J connectivity index is 2.69. The molecule has 1 rings (SSSR count). The molecule has 0 unspecified atom stereocenters. The van der Waals surface area contributed by atoms with Gasteiger partial charge in [-0.3, -0.25) is 4.79 Å². The first-order valence-corrected chi connectivity index (χ1v) is 7.24. The fraction of sp³-hybridized carbons (Fsp3) is 0.562. The number of likely N-dealkylation sites (N-methyl/N-ethyl adjacent to an activating group) is 1. The van der Waals surface area contributed by atoms with E-state index >= 15 is 0 Å². The van der Waals surface area contributed by atoms with Crippen LogP contribution in [0.25, 0.3) is 0 Å². The minimum atomic E-state index is -0.421. The Bertz CT molecular complexity index is 463. The number of rotatable bonds is 8. The summed E-state index contributed by atoms with van der Waals surface area (Å²) in [5.41, 5.74) is 6.90. The lowest BCUT2D eigenvalue weighted by Gasteiger charge is -2.22. The van der Waals surface area contributed by atoms with Gasteiger partial charge in [0.05, 0.1) is 20.3 Å². The van der Waals surface area contributed by atoms with E-state index in [1.165, 1.54) is 0 Å². The number of nitrogens with two attached hydrogens (primary N) is 1. The number of benzene rings is 1. The van der Waals surface area contributed by atoms with Gasteiger partial charge in [-0.05, 0) is 24.1 Å². The number of ether oxygens (including phenoxy) is 2. The first-order chi connectivity index (χ1) is 10.0. The third-order valence-electron chi connectivity index (χ3n) is 3.43. The molecule has 5 nitrogen and oxygen atoms in total. The Kier molecular flexibility index (Phi) is 7.02. The molecular weight excluding hydrogens is 268 g/mol. The molecule has 0 saturated heterocycles. The lowest BCUT2D eigenvalue weighted by atomic mass is 10.1. The zero-order valence-corrected chi connectivity index (χ0v) is 13.4. The summed E-state index contributed by atoms with van der Waals surface area (Å²) in [5.74, 6) is 1.30. The highest BCUT2D eigenvalue weighted by Crippen LogP contribution is 2.27. The lowest BCUT2D eigenvalue weighted by molar-refractivity contribution is -0.132. The Labute approximate surface area is 127 Å². The largest absolute Gasteiger partial charge is 0.493 e. The predicted octanol–water partition coefficient (Wildman–Crippen LogP) is 2.18. The Morgan fingerprint density at radius 2 is 1.95 bits per heavy atom. The molecule has 1 aromatic carbocycles. The molecule has 21 heavy (non-hydrogen) atoms. The minimum Gasteiger partial charge on any atom is -0.493 e. The van der Waals surface area contributed by atoms with Gasteiger partial charge >= 0.3 is 0 Å². The SMILES string of the molecule is CCCC[C@H](N)C(=O)N(C)Cc1ccc(OC)c(OC)c1. The molecule has 0 spiro atoms. The lowest BCUT2D eigenvalue weighted by Crippen LogP contribution is -2.41. The standard InChI is InChI=1S/C16H26N2O3/c1-5-6-7-13(17)16(19)18(2)11-12-8-9-14(20-3)15(10-12)21-4/h8-10,13H,5-7,11,17H2,1-4H3/t13-/m0/s1. The van der Waals surface area contributed by atoms with Crippen LogP contribution in [-0.4, -0.2) is 38.1 Å². The second-order valence-corrected chi connectivity index (χ2v) is 5.13. The molecule has 0 saturated carbocycles. The van der Waals surface area contributed by atoms with Gasteiger partial charge in [0.25, 0.3) is 0 Å². The summed E-state index contributed by atoms with van der Waals surface area (Å²) in [5, 5.41) is 0. The molecule has 0 heterocycles. The van der Waals surface area contributed by atoms with Crippen molar-refractivity contribution in [1.29, 1.82) is 0 Å². The second-order valence-electron chi connectivity index (χ2n) is 5.13. The first-order valence-electron chi connectivity index (χ1n) is 7.24. The molecule has 2 N–H and O–H groups in total. The Morgan fingerprint density at radius 1 is 1.29 bits per heavy atom. The van der Waals surface area contributed by atoms with Crippen LogP contribution in [0.15, 0.2) is 18.2 Å². The number of methoxy groups -OCH3 is 2. The average molecular weight is 294 g/mol.